The first kappa shape index (κ1) is 58.6. The van der Waals surface area contributed by atoms with Gasteiger partial charge in [0, 0.05) is 43.6 Å². The maximum absolute atomic E-state index is 13.5. The van der Waals surface area contributed by atoms with Crippen molar-refractivity contribution >= 4 is 23.7 Å². The molecule has 20 nitrogen and oxygen atoms in total. The molecule has 66 heavy (non-hydrogen) atoms. The smallest absolute Gasteiger partial charge is 0.305 e. The van der Waals surface area contributed by atoms with E-state index in [0.717, 1.165) is 5.56 Å². The van der Waals surface area contributed by atoms with Crippen LogP contribution in [0.5, 0.6) is 5.75 Å². The Morgan fingerprint density at radius 1 is 0.652 bits per heavy atom. The number of rotatable bonds is 34. The number of nitrogens with one attached hydrogen (secondary N) is 3. The minimum absolute atomic E-state index is 0.0917. The Bertz CT molecular complexity index is 1570. The van der Waals surface area contributed by atoms with Crippen LogP contribution < -0.4 is 20.7 Å². The summed E-state index contributed by atoms with van der Waals surface area (Å²) in [5.74, 6) is -0.686. The number of hydrogen-bond donors (Lipinski definition) is 6. The van der Waals surface area contributed by atoms with Crippen molar-refractivity contribution in [3.05, 3.63) is 29.3 Å². The molecule has 1 aromatic rings. The first-order valence-corrected chi connectivity index (χ1v) is 22.7. The maximum atomic E-state index is 13.5. The molecule has 0 radical (unpaired) electrons. The van der Waals surface area contributed by atoms with Crippen molar-refractivity contribution in [2.45, 2.75) is 128 Å². The number of carbonyl (C=O) groups is 4. The van der Waals surface area contributed by atoms with E-state index in [1.54, 1.807) is 13.0 Å². The lowest BCUT2D eigenvalue weighted by Crippen LogP contribution is -2.57. The SMILES string of the molecule is COC(=O)CCC(C)(C)OCCC(C)(C)NC(=O)c1cc(OCC(=O)NCCOCCOCCOCCOCCC(=O)NCCOCCO[C@@H]2O[C@@H](C)[C@H](O)[C@@H](O)[C@H]2O)cc(C(C)(C)C)c1. The summed E-state index contributed by atoms with van der Waals surface area (Å²) in [6.07, 6.45) is -4.20. The first-order chi connectivity index (χ1) is 31.1. The van der Waals surface area contributed by atoms with Gasteiger partial charge in [0.15, 0.2) is 12.9 Å². The lowest BCUT2D eigenvalue weighted by Gasteiger charge is -2.38. The van der Waals surface area contributed by atoms with Gasteiger partial charge >= 0.3 is 5.97 Å². The molecule has 1 aliphatic heterocycles. The molecule has 0 unspecified atom stereocenters. The molecular weight excluding hydrogens is 867 g/mol. The van der Waals surface area contributed by atoms with Gasteiger partial charge in [-0.25, -0.2) is 0 Å². The van der Waals surface area contributed by atoms with Crippen molar-refractivity contribution in [3.8, 4) is 5.75 Å². The number of aliphatic hydroxyl groups is 3. The average molecular weight is 946 g/mol. The highest BCUT2D eigenvalue weighted by atomic mass is 16.7. The van der Waals surface area contributed by atoms with Crippen LogP contribution >= 0.6 is 0 Å². The number of methoxy groups -OCH3 is 1. The molecule has 1 fully saturated rings. The third-order valence-corrected chi connectivity index (χ3v) is 10.3. The summed E-state index contributed by atoms with van der Waals surface area (Å²) in [7, 11) is 1.36. The molecule has 0 bridgehead atoms. The number of aliphatic hydroxyl groups excluding tert-OH is 3. The molecule has 1 aromatic carbocycles. The fraction of sp³-hybridized carbons (Fsp3) is 0.783. The second kappa shape index (κ2) is 30.8. The highest BCUT2D eigenvalue weighted by molar-refractivity contribution is 5.95. The Hall–Kier alpha value is -3.54. The van der Waals surface area contributed by atoms with Gasteiger partial charge in [0.05, 0.1) is 91.5 Å². The van der Waals surface area contributed by atoms with Crippen molar-refractivity contribution in [3.63, 3.8) is 0 Å². The molecule has 0 spiro atoms. The van der Waals surface area contributed by atoms with E-state index in [9.17, 15) is 34.5 Å². The zero-order valence-corrected chi connectivity index (χ0v) is 40.6. The van der Waals surface area contributed by atoms with Crippen molar-refractivity contribution in [2.75, 3.05) is 106 Å². The lowest BCUT2D eigenvalue weighted by atomic mass is 9.86. The van der Waals surface area contributed by atoms with Crippen molar-refractivity contribution in [1.29, 1.82) is 0 Å². The van der Waals surface area contributed by atoms with Crippen LogP contribution in [0, 0.1) is 0 Å². The van der Waals surface area contributed by atoms with Crippen LogP contribution in [0.15, 0.2) is 18.2 Å². The molecule has 6 N–H and O–H groups in total. The molecule has 20 heteroatoms. The molecule has 380 valence electrons. The molecule has 1 saturated heterocycles. The van der Waals surface area contributed by atoms with Crippen LogP contribution in [0.25, 0.3) is 0 Å². The Kier molecular flexibility index (Phi) is 27.3. The predicted molar refractivity (Wildman–Crippen MR) is 241 cm³/mol. The number of ether oxygens (including phenoxy) is 10. The van der Waals surface area contributed by atoms with Gasteiger partial charge in [-0.2, -0.15) is 0 Å². The summed E-state index contributed by atoms with van der Waals surface area (Å²) in [5.41, 5.74) is -0.129. The lowest BCUT2D eigenvalue weighted by molar-refractivity contribution is -0.294. The highest BCUT2D eigenvalue weighted by Crippen LogP contribution is 2.29. The fourth-order valence-electron chi connectivity index (χ4n) is 6.06. The third-order valence-electron chi connectivity index (χ3n) is 10.3. The van der Waals surface area contributed by atoms with E-state index in [1.807, 2.05) is 60.6 Å². The van der Waals surface area contributed by atoms with Gasteiger partial charge in [0.1, 0.15) is 24.1 Å². The van der Waals surface area contributed by atoms with E-state index in [0.29, 0.717) is 76.9 Å². The summed E-state index contributed by atoms with van der Waals surface area (Å²) >= 11 is 0. The van der Waals surface area contributed by atoms with E-state index in [-0.39, 0.29) is 88.1 Å². The van der Waals surface area contributed by atoms with Crippen LogP contribution in [-0.4, -0.2) is 187 Å². The summed E-state index contributed by atoms with van der Waals surface area (Å²) in [4.78, 5) is 49.5. The van der Waals surface area contributed by atoms with Crippen LogP contribution in [0.2, 0.25) is 0 Å². The Morgan fingerprint density at radius 2 is 1.21 bits per heavy atom. The van der Waals surface area contributed by atoms with Gasteiger partial charge in [-0.3, -0.25) is 19.2 Å². The number of amides is 3. The van der Waals surface area contributed by atoms with Gasteiger partial charge < -0.3 is 78.6 Å². The Balaban J connectivity index is 1.49. The van der Waals surface area contributed by atoms with Crippen LogP contribution in [0.3, 0.4) is 0 Å². The molecule has 2 rings (SSSR count). The fourth-order valence-corrected chi connectivity index (χ4v) is 6.06. The second-order valence-electron chi connectivity index (χ2n) is 18.1. The van der Waals surface area contributed by atoms with Gasteiger partial charge in [-0.15, -0.1) is 0 Å². The standard InChI is InChI=1S/C46H79N3O17/c1-32-39(53)40(54)41(55)43(66-32)63-27-26-60-18-14-47-36(50)11-16-58-20-22-61-24-25-62-23-21-59-19-15-48-37(51)31-64-35-29-33(28-34(30-35)44(2,3)4)42(56)49-45(5,6)13-17-65-46(7,8)12-10-38(52)57-9/h28-30,32,39-41,43,53-55H,10-27,31H2,1-9H3,(H,47,50)(H,48,51)(H,49,56)/t32-,39-,40+,41+,43+/m0/s1. The molecule has 5 atom stereocenters. The molecule has 0 aliphatic carbocycles. The Labute approximate surface area is 390 Å². The number of hydrogen-bond acceptors (Lipinski definition) is 17. The van der Waals surface area contributed by atoms with Crippen LogP contribution in [0.1, 0.15) is 97.0 Å². The minimum atomic E-state index is -1.37. The molecule has 0 aromatic heterocycles. The van der Waals surface area contributed by atoms with Gasteiger partial charge in [0.2, 0.25) is 5.91 Å². The van der Waals surface area contributed by atoms with E-state index in [2.05, 4.69) is 16.0 Å². The predicted octanol–water partition coefficient (Wildman–Crippen LogP) is 1.56. The normalized spacial score (nSPS) is 19.0. The maximum Gasteiger partial charge on any atom is 0.305 e. The van der Waals surface area contributed by atoms with Gasteiger partial charge in [-0.1, -0.05) is 20.8 Å². The molecule has 0 saturated carbocycles. The van der Waals surface area contributed by atoms with Gasteiger partial charge in [-0.05, 0) is 76.6 Å². The third kappa shape index (κ3) is 25.0. The summed E-state index contributed by atoms with van der Waals surface area (Å²) in [5, 5.41) is 38.1. The Morgan fingerprint density at radius 3 is 1.80 bits per heavy atom. The highest BCUT2D eigenvalue weighted by Gasteiger charge is 2.42. The molecular formula is C46H79N3O17. The zero-order valence-electron chi connectivity index (χ0n) is 40.6. The number of esters is 1. The van der Waals surface area contributed by atoms with Crippen molar-refractivity contribution in [2.24, 2.45) is 0 Å². The molecule has 1 heterocycles. The number of carbonyl (C=O) groups excluding carboxylic acids is 4. The summed E-state index contributed by atoms with van der Waals surface area (Å²) in [6.45, 7) is 19.2. The van der Waals surface area contributed by atoms with Gasteiger partial charge in [0.25, 0.3) is 11.8 Å². The van der Waals surface area contributed by atoms with Crippen LogP contribution in [0.4, 0.5) is 0 Å². The summed E-state index contributed by atoms with van der Waals surface area (Å²) < 4.78 is 54.7. The van der Waals surface area contributed by atoms with Crippen molar-refractivity contribution in [1.82, 2.24) is 16.0 Å². The van der Waals surface area contributed by atoms with E-state index >= 15 is 0 Å². The number of benzene rings is 1. The minimum Gasteiger partial charge on any atom is -0.484 e. The molecule has 1 aliphatic rings. The van der Waals surface area contributed by atoms with Crippen LogP contribution in [-0.2, 0) is 62.4 Å². The first-order valence-electron chi connectivity index (χ1n) is 22.7. The van der Waals surface area contributed by atoms with Crippen molar-refractivity contribution < 1.29 is 81.9 Å². The van der Waals surface area contributed by atoms with E-state index < -0.39 is 41.8 Å². The molecule has 3 amide bonds. The second-order valence-corrected chi connectivity index (χ2v) is 18.1. The van der Waals surface area contributed by atoms with E-state index in [1.165, 1.54) is 7.11 Å². The topological polar surface area (TPSA) is 257 Å². The zero-order chi connectivity index (χ0) is 49.2. The average Bonchev–Trinajstić information content (AvgIpc) is 3.25. The van der Waals surface area contributed by atoms with E-state index in [4.69, 9.17) is 47.4 Å². The quantitative estimate of drug-likeness (QED) is 0.0423. The largest absolute Gasteiger partial charge is 0.484 e. The monoisotopic (exact) mass is 946 g/mol. The summed E-state index contributed by atoms with van der Waals surface area (Å²) in [6, 6.07) is 5.29.